The molecule has 1 N–H and O–H groups in total. The molecule has 1 saturated carbocycles. The second-order valence-electron chi connectivity index (χ2n) is 6.59. The average Bonchev–Trinajstić information content (AvgIpc) is 3.30. The van der Waals surface area contributed by atoms with Crippen LogP contribution in [0.15, 0.2) is 36.2 Å². The van der Waals surface area contributed by atoms with Crippen LogP contribution in [0.5, 0.6) is 5.75 Å². The summed E-state index contributed by atoms with van der Waals surface area (Å²) in [6.45, 7) is 0.294. The van der Waals surface area contributed by atoms with E-state index in [1.165, 1.54) is 16.9 Å². The molecule has 0 bridgehead atoms. The number of hydrogen-bond donors (Lipinski definition) is 1. The number of methoxy groups -OCH3 is 1. The first kappa shape index (κ1) is 18.1. The molecule has 144 valence electrons. The number of nitrogens with zero attached hydrogens (tertiary/aromatic N) is 4. The van der Waals surface area contributed by atoms with Gasteiger partial charge in [-0.1, -0.05) is 6.07 Å². The Balaban J connectivity index is 1.60. The molecule has 2 aliphatic rings. The summed E-state index contributed by atoms with van der Waals surface area (Å²) in [5.74, 6) is 0.292. The minimum atomic E-state index is -0.541. The molecule has 4 rings (SSSR count). The molecule has 1 aliphatic carbocycles. The third-order valence-corrected chi connectivity index (χ3v) is 4.88. The van der Waals surface area contributed by atoms with Gasteiger partial charge in [-0.25, -0.2) is 0 Å². The third kappa shape index (κ3) is 3.46. The summed E-state index contributed by atoms with van der Waals surface area (Å²) in [6.07, 6.45) is 5.23. The largest absolute Gasteiger partial charge is 0.496 e. The summed E-state index contributed by atoms with van der Waals surface area (Å²) in [5.41, 5.74) is 2.00. The highest BCUT2D eigenvalue weighted by molar-refractivity contribution is 7.80. The van der Waals surface area contributed by atoms with Crippen LogP contribution < -0.4 is 10.1 Å². The first-order chi connectivity index (χ1) is 13.5. The summed E-state index contributed by atoms with van der Waals surface area (Å²) in [4.78, 5) is 24.5. The van der Waals surface area contributed by atoms with Gasteiger partial charge < -0.3 is 20.2 Å². The molecule has 28 heavy (non-hydrogen) atoms. The smallest absolute Gasteiger partial charge is 0.389 e. The van der Waals surface area contributed by atoms with Gasteiger partial charge in [0, 0.05) is 11.6 Å². The van der Waals surface area contributed by atoms with Crippen LogP contribution in [0, 0.1) is 10.1 Å². The fourth-order valence-electron chi connectivity index (χ4n) is 3.10. The molecule has 2 fully saturated rings. The minimum absolute atomic E-state index is 0.118. The van der Waals surface area contributed by atoms with Gasteiger partial charge in [0.15, 0.2) is 5.11 Å². The van der Waals surface area contributed by atoms with Crippen LogP contribution in [-0.2, 0) is 11.3 Å². The highest BCUT2D eigenvalue weighted by Gasteiger charge is 2.41. The molecule has 2 aromatic rings. The van der Waals surface area contributed by atoms with Crippen molar-refractivity contribution in [2.24, 2.45) is 0 Å². The van der Waals surface area contributed by atoms with Crippen molar-refractivity contribution < 1.29 is 14.5 Å². The highest BCUT2D eigenvalue weighted by atomic mass is 32.1. The number of ether oxygens (including phenoxy) is 1. The van der Waals surface area contributed by atoms with Gasteiger partial charge in [0.1, 0.15) is 11.4 Å². The van der Waals surface area contributed by atoms with E-state index in [4.69, 9.17) is 17.0 Å². The van der Waals surface area contributed by atoms with Crippen LogP contribution in [0.4, 0.5) is 5.82 Å². The van der Waals surface area contributed by atoms with E-state index in [1.54, 1.807) is 24.2 Å². The first-order valence-electron chi connectivity index (χ1n) is 8.67. The van der Waals surface area contributed by atoms with E-state index in [1.807, 2.05) is 12.1 Å². The molecular weight excluding hydrogens is 382 g/mol. The van der Waals surface area contributed by atoms with Crippen LogP contribution in [-0.4, -0.2) is 43.8 Å². The Hall–Kier alpha value is -3.27. The molecule has 10 heteroatoms. The van der Waals surface area contributed by atoms with Crippen molar-refractivity contribution in [3.05, 3.63) is 57.4 Å². The monoisotopic (exact) mass is 399 g/mol. The molecule has 1 aliphatic heterocycles. The normalized spacial score (nSPS) is 17.9. The molecule has 2 heterocycles. The number of thiocarbonyl (C=S) groups is 1. The lowest BCUT2D eigenvalue weighted by Crippen LogP contribution is -2.32. The van der Waals surface area contributed by atoms with Crippen molar-refractivity contribution in [1.29, 1.82) is 0 Å². The van der Waals surface area contributed by atoms with Crippen LogP contribution in [0.1, 0.15) is 24.0 Å². The average molecular weight is 399 g/mol. The molecule has 1 aromatic heterocycles. The molecule has 0 unspecified atom stereocenters. The highest BCUT2D eigenvalue weighted by Crippen LogP contribution is 2.31. The third-order valence-electron chi connectivity index (χ3n) is 4.58. The summed E-state index contributed by atoms with van der Waals surface area (Å²) in [6, 6.07) is 7.03. The van der Waals surface area contributed by atoms with Crippen molar-refractivity contribution in [1.82, 2.24) is 20.0 Å². The first-order valence-corrected chi connectivity index (χ1v) is 9.08. The number of nitro groups is 1. The maximum atomic E-state index is 12.6. The Bertz CT molecular complexity index is 1010. The second kappa shape index (κ2) is 7.04. The Kier molecular flexibility index (Phi) is 4.55. The van der Waals surface area contributed by atoms with E-state index in [0.717, 1.165) is 24.0 Å². The second-order valence-corrected chi connectivity index (χ2v) is 6.98. The predicted octanol–water partition coefficient (Wildman–Crippen LogP) is 2.07. The van der Waals surface area contributed by atoms with Gasteiger partial charge in [-0.2, -0.15) is 4.68 Å². The standard InChI is InChI=1S/C18H17N5O4S/c1-27-15-5-2-11(8-12(15)10-21-7-6-16(20-21)23(25)26)9-14-17(24)22(13-3-4-13)18(28)19-14/h2,5-9,13H,3-4,10H2,1H3,(H,19,28)/b14-9+. The molecule has 0 spiro atoms. The number of carbonyl (C=O) groups is 1. The zero-order valence-electron chi connectivity index (χ0n) is 15.0. The number of nitrogens with one attached hydrogen (secondary N) is 1. The van der Waals surface area contributed by atoms with Crippen molar-refractivity contribution in [2.45, 2.75) is 25.4 Å². The molecule has 0 radical (unpaired) electrons. The molecule has 1 amide bonds. The van der Waals surface area contributed by atoms with Gasteiger partial charge in [0.2, 0.25) is 0 Å². The van der Waals surface area contributed by atoms with Crippen LogP contribution in [0.2, 0.25) is 0 Å². The minimum Gasteiger partial charge on any atom is -0.496 e. The van der Waals surface area contributed by atoms with E-state index in [0.29, 0.717) is 23.1 Å². The molecular formula is C18H17N5O4S. The van der Waals surface area contributed by atoms with Crippen LogP contribution in [0.3, 0.4) is 0 Å². The molecule has 1 saturated heterocycles. The fourth-order valence-corrected chi connectivity index (χ4v) is 3.44. The molecule has 1 aromatic carbocycles. The summed E-state index contributed by atoms with van der Waals surface area (Å²) in [5, 5.41) is 18.2. The zero-order valence-corrected chi connectivity index (χ0v) is 15.8. The predicted molar refractivity (Wildman–Crippen MR) is 105 cm³/mol. The number of aromatic nitrogens is 2. The van der Waals surface area contributed by atoms with E-state index >= 15 is 0 Å². The Labute approximate surface area is 165 Å². The Morgan fingerprint density at radius 3 is 2.86 bits per heavy atom. The Morgan fingerprint density at radius 2 is 2.21 bits per heavy atom. The number of hydrogen-bond acceptors (Lipinski definition) is 6. The van der Waals surface area contributed by atoms with Crippen molar-refractivity contribution in [2.75, 3.05) is 7.11 Å². The molecule has 9 nitrogen and oxygen atoms in total. The van der Waals surface area contributed by atoms with Gasteiger partial charge >= 0.3 is 5.82 Å². The van der Waals surface area contributed by atoms with E-state index < -0.39 is 4.92 Å². The van der Waals surface area contributed by atoms with Crippen molar-refractivity contribution in [3.8, 4) is 5.75 Å². The summed E-state index contributed by atoms with van der Waals surface area (Å²) < 4.78 is 6.85. The van der Waals surface area contributed by atoms with Gasteiger partial charge in [-0.15, -0.1) is 0 Å². The lowest BCUT2D eigenvalue weighted by molar-refractivity contribution is -0.389. The van der Waals surface area contributed by atoms with E-state index in [2.05, 4.69) is 10.4 Å². The van der Waals surface area contributed by atoms with Gasteiger partial charge in [0.25, 0.3) is 5.91 Å². The van der Waals surface area contributed by atoms with Crippen LogP contribution in [0.25, 0.3) is 6.08 Å². The van der Waals surface area contributed by atoms with Crippen molar-refractivity contribution in [3.63, 3.8) is 0 Å². The van der Waals surface area contributed by atoms with Crippen LogP contribution >= 0.6 is 12.2 Å². The van der Waals surface area contributed by atoms with Gasteiger partial charge in [-0.3, -0.25) is 9.69 Å². The lowest BCUT2D eigenvalue weighted by Gasteiger charge is -2.11. The van der Waals surface area contributed by atoms with E-state index in [-0.39, 0.29) is 17.8 Å². The van der Waals surface area contributed by atoms with Crippen molar-refractivity contribution >= 4 is 35.1 Å². The maximum absolute atomic E-state index is 12.6. The summed E-state index contributed by atoms with van der Waals surface area (Å²) >= 11 is 5.27. The van der Waals surface area contributed by atoms with Gasteiger partial charge in [0.05, 0.1) is 31.0 Å². The number of rotatable bonds is 6. The van der Waals surface area contributed by atoms with E-state index in [9.17, 15) is 14.9 Å². The summed E-state index contributed by atoms with van der Waals surface area (Å²) in [7, 11) is 1.55. The molecule has 0 atom stereocenters. The Morgan fingerprint density at radius 1 is 1.43 bits per heavy atom. The maximum Gasteiger partial charge on any atom is 0.389 e. The zero-order chi connectivity index (χ0) is 19.8. The number of amides is 1. The SMILES string of the molecule is COc1ccc(/C=C2/NC(=S)N(C3CC3)C2=O)cc1Cn1ccc([N+](=O)[O-])n1. The number of benzene rings is 1. The quantitative estimate of drug-likeness (QED) is 0.343. The topological polar surface area (TPSA) is 103 Å². The lowest BCUT2D eigenvalue weighted by atomic mass is 10.1. The van der Waals surface area contributed by atoms with Gasteiger partial charge in [-0.05, 0) is 53.8 Å². The fraction of sp³-hybridized carbons (Fsp3) is 0.278. The number of carbonyl (C=O) groups excluding carboxylic acids is 1.